The monoisotopic (exact) mass is 456 g/mol. The van der Waals surface area contributed by atoms with Crippen LogP contribution < -0.4 is 0 Å². The van der Waals surface area contributed by atoms with E-state index in [0.717, 1.165) is 32.1 Å². The number of rotatable bonds is 5. The Kier molecular flexibility index (Phi) is 6.25. The first kappa shape index (κ1) is 25.0. The van der Waals surface area contributed by atoms with Crippen LogP contribution in [0, 0.1) is 45.3 Å². The van der Waals surface area contributed by atoms with E-state index in [1.54, 1.807) is 12.5 Å². The Morgan fingerprint density at radius 3 is 2.48 bits per heavy atom. The Balaban J connectivity index is 1.58. The summed E-state index contributed by atoms with van der Waals surface area (Å²) in [5.74, 6) is 1.75. The van der Waals surface area contributed by atoms with Gasteiger partial charge in [0.1, 0.15) is 0 Å². The molecule has 0 heterocycles. The molecule has 33 heavy (non-hydrogen) atoms. The zero-order valence-corrected chi connectivity index (χ0v) is 22.2. The summed E-state index contributed by atoms with van der Waals surface area (Å²) in [6, 6.07) is 0. The topological polar surface area (TPSA) is 57.5 Å². The molecule has 2 N–H and O–H groups in total. The van der Waals surface area contributed by atoms with Gasteiger partial charge in [-0.1, -0.05) is 59.3 Å². The average Bonchev–Trinajstić information content (AvgIpc) is 3.02. The molecule has 4 rings (SSSR count). The zero-order valence-electron chi connectivity index (χ0n) is 22.2. The lowest BCUT2D eigenvalue weighted by Crippen LogP contribution is -2.58. The molecule has 186 valence electrons. The maximum absolute atomic E-state index is 11.1. The second kappa shape index (κ2) is 8.25. The maximum Gasteiger partial charge on any atom is 0.330 e. The van der Waals surface area contributed by atoms with Gasteiger partial charge in [-0.05, 0) is 110 Å². The van der Waals surface area contributed by atoms with Crippen molar-refractivity contribution in [2.24, 2.45) is 45.3 Å². The van der Waals surface area contributed by atoms with Gasteiger partial charge >= 0.3 is 5.97 Å². The van der Waals surface area contributed by atoms with Gasteiger partial charge in [0.05, 0.1) is 6.10 Å². The molecule has 0 saturated heterocycles. The highest BCUT2D eigenvalue weighted by atomic mass is 16.4. The van der Waals surface area contributed by atoms with Crippen molar-refractivity contribution in [1.82, 2.24) is 0 Å². The van der Waals surface area contributed by atoms with Crippen LogP contribution in [0.4, 0.5) is 0 Å². The second-order valence-corrected chi connectivity index (χ2v) is 13.6. The molecule has 3 heteroatoms. The largest absolute Gasteiger partial charge is 0.478 e. The van der Waals surface area contributed by atoms with Gasteiger partial charge in [0.2, 0.25) is 0 Å². The fourth-order valence-electron chi connectivity index (χ4n) is 9.50. The van der Waals surface area contributed by atoms with Crippen LogP contribution in [-0.2, 0) is 4.79 Å². The van der Waals surface area contributed by atoms with Crippen molar-refractivity contribution >= 4 is 5.97 Å². The average molecular weight is 457 g/mol. The van der Waals surface area contributed by atoms with E-state index >= 15 is 0 Å². The van der Waals surface area contributed by atoms with Crippen LogP contribution in [0.3, 0.4) is 0 Å². The number of fused-ring (bicyclic) bond motifs is 5. The van der Waals surface area contributed by atoms with Gasteiger partial charge in [0.15, 0.2) is 0 Å². The minimum Gasteiger partial charge on any atom is -0.478 e. The number of aliphatic hydroxyl groups is 1. The van der Waals surface area contributed by atoms with Gasteiger partial charge in [-0.2, -0.15) is 0 Å². The van der Waals surface area contributed by atoms with Crippen LogP contribution in [0.25, 0.3) is 0 Å². The molecular formula is C30H48O3. The predicted octanol–water partition coefficient (Wildman–Crippen LogP) is 7.40. The molecule has 0 bridgehead atoms. The molecular weight excluding hydrogens is 408 g/mol. The number of carboxylic acid groups (broad SMARTS) is 1. The van der Waals surface area contributed by atoms with E-state index < -0.39 is 5.97 Å². The highest BCUT2D eigenvalue weighted by molar-refractivity contribution is 5.85. The fourth-order valence-corrected chi connectivity index (χ4v) is 9.50. The zero-order chi connectivity index (χ0) is 24.4. The number of carbonyl (C=O) groups is 1. The highest BCUT2D eigenvalue weighted by Gasteiger charge is 2.65. The number of hydrogen-bond acceptors (Lipinski definition) is 2. The molecule has 3 saturated carbocycles. The van der Waals surface area contributed by atoms with Gasteiger partial charge in [0, 0.05) is 5.57 Å². The molecule has 3 nitrogen and oxygen atoms in total. The van der Waals surface area contributed by atoms with Gasteiger partial charge in [-0.25, -0.2) is 4.79 Å². The molecule has 0 spiro atoms. The summed E-state index contributed by atoms with van der Waals surface area (Å²) in [5, 5.41) is 20.0. The Bertz CT molecular complexity index is 853. The van der Waals surface area contributed by atoms with Crippen LogP contribution in [0.1, 0.15) is 106 Å². The van der Waals surface area contributed by atoms with Crippen LogP contribution >= 0.6 is 0 Å². The van der Waals surface area contributed by atoms with E-state index in [2.05, 4.69) is 47.6 Å². The lowest BCUT2D eigenvalue weighted by molar-refractivity contribution is -0.132. The lowest BCUT2D eigenvalue weighted by Gasteiger charge is -2.64. The van der Waals surface area contributed by atoms with Gasteiger partial charge in [0.25, 0.3) is 0 Å². The molecule has 0 aromatic heterocycles. The van der Waals surface area contributed by atoms with Crippen molar-refractivity contribution in [2.75, 3.05) is 0 Å². The van der Waals surface area contributed by atoms with E-state index in [-0.39, 0.29) is 16.9 Å². The summed E-state index contributed by atoms with van der Waals surface area (Å²) >= 11 is 0. The molecule has 0 aromatic rings. The van der Waals surface area contributed by atoms with Crippen molar-refractivity contribution in [3.8, 4) is 0 Å². The van der Waals surface area contributed by atoms with Crippen molar-refractivity contribution in [3.05, 3.63) is 23.3 Å². The molecule has 0 aromatic carbocycles. The van der Waals surface area contributed by atoms with Gasteiger partial charge in [-0.15, -0.1) is 0 Å². The van der Waals surface area contributed by atoms with Crippen LogP contribution in [-0.4, -0.2) is 22.3 Å². The van der Waals surface area contributed by atoms with E-state index in [1.807, 2.05) is 6.08 Å². The normalized spacial score (nSPS) is 45.5. The van der Waals surface area contributed by atoms with Crippen LogP contribution in [0.15, 0.2) is 23.3 Å². The van der Waals surface area contributed by atoms with Gasteiger partial charge in [-0.3, -0.25) is 0 Å². The van der Waals surface area contributed by atoms with E-state index in [9.17, 15) is 9.90 Å². The summed E-state index contributed by atoms with van der Waals surface area (Å²) in [6.45, 7) is 16.5. The second-order valence-electron chi connectivity index (χ2n) is 13.6. The van der Waals surface area contributed by atoms with Crippen molar-refractivity contribution in [3.63, 3.8) is 0 Å². The Morgan fingerprint density at radius 1 is 1.12 bits per heavy atom. The van der Waals surface area contributed by atoms with E-state index in [1.165, 1.54) is 25.7 Å². The third-order valence-electron chi connectivity index (χ3n) is 12.0. The standard InChI is InChI=1S/C30H48O3/c1-19(9-8-10-20(2)26(32)33)21-13-17-30(7)23-11-12-24-27(3,4)25(31)15-16-28(24,5)22(23)14-18-29(21,30)6/h10-11,19,21-22,24-25,31H,8-9,12-18H2,1-7H3,(H,32,33)/b20-10-/t19-,21?,22?,24?,25+,28-,29+,30-/m1/s1. The Hall–Kier alpha value is -1.09. The molecule has 8 atom stereocenters. The third-order valence-corrected chi connectivity index (χ3v) is 12.0. The number of aliphatic hydroxyl groups excluding tert-OH is 1. The minimum atomic E-state index is -0.796. The first-order valence-corrected chi connectivity index (χ1v) is 13.6. The lowest BCUT2D eigenvalue weighted by atomic mass is 9.41. The number of aliphatic carboxylic acids is 1. The van der Waals surface area contributed by atoms with E-state index in [4.69, 9.17) is 5.11 Å². The molecule has 3 fully saturated rings. The number of allylic oxidation sites excluding steroid dienone is 3. The summed E-state index contributed by atoms with van der Waals surface area (Å²) in [7, 11) is 0. The predicted molar refractivity (Wildman–Crippen MR) is 135 cm³/mol. The molecule has 0 radical (unpaired) electrons. The third kappa shape index (κ3) is 3.58. The van der Waals surface area contributed by atoms with Crippen molar-refractivity contribution in [2.45, 2.75) is 112 Å². The Labute approximate surface area is 202 Å². The molecule has 4 aliphatic carbocycles. The number of carboxylic acids is 1. The SMILES string of the molecule is C/C(=C/CC[C@@H](C)C1CC[C@]2(C)C3=CCC4C(C)(C)[C@@H](O)CC[C@]4(C)C3CC[C@@]12C)C(=O)O. The van der Waals surface area contributed by atoms with Crippen molar-refractivity contribution in [1.29, 1.82) is 0 Å². The molecule has 0 aliphatic heterocycles. The summed E-state index contributed by atoms with van der Waals surface area (Å²) < 4.78 is 0. The van der Waals surface area contributed by atoms with Crippen LogP contribution in [0.2, 0.25) is 0 Å². The molecule has 3 unspecified atom stereocenters. The minimum absolute atomic E-state index is 0.00892. The smallest absolute Gasteiger partial charge is 0.330 e. The van der Waals surface area contributed by atoms with Crippen LogP contribution in [0.5, 0.6) is 0 Å². The number of hydrogen-bond donors (Lipinski definition) is 2. The van der Waals surface area contributed by atoms with Crippen molar-refractivity contribution < 1.29 is 15.0 Å². The maximum atomic E-state index is 11.1. The van der Waals surface area contributed by atoms with E-state index in [0.29, 0.717) is 40.1 Å². The molecule has 0 amide bonds. The highest BCUT2D eigenvalue weighted by Crippen LogP contribution is 2.73. The Morgan fingerprint density at radius 2 is 1.82 bits per heavy atom. The first-order valence-electron chi connectivity index (χ1n) is 13.6. The molecule has 4 aliphatic rings. The summed E-state index contributed by atoms with van der Waals surface area (Å²) in [4.78, 5) is 11.1. The fraction of sp³-hybridized carbons (Fsp3) is 0.833. The first-order chi connectivity index (χ1) is 15.3. The summed E-state index contributed by atoms with van der Waals surface area (Å²) in [6.07, 6.45) is 14.7. The quantitative estimate of drug-likeness (QED) is 0.335. The van der Waals surface area contributed by atoms with Gasteiger partial charge < -0.3 is 10.2 Å². The summed E-state index contributed by atoms with van der Waals surface area (Å²) in [5.41, 5.74) is 3.13.